The molecule has 256 valence electrons. The molecule has 2 atom stereocenters. The van der Waals surface area contributed by atoms with Gasteiger partial charge in [-0.15, -0.1) is 9.46 Å². The first-order valence-corrected chi connectivity index (χ1v) is 15.4. The molecule has 4 N–H and O–H groups in total. The van der Waals surface area contributed by atoms with Crippen molar-refractivity contribution in [3.63, 3.8) is 0 Å². The normalized spacial score (nSPS) is 18.5. The Morgan fingerprint density at radius 3 is 1.28 bits per heavy atom. The summed E-state index contributed by atoms with van der Waals surface area (Å²) >= 11 is 0. The average molecular weight is 651 g/mol. The van der Waals surface area contributed by atoms with Gasteiger partial charge in [0.1, 0.15) is 11.4 Å². The van der Waals surface area contributed by atoms with Gasteiger partial charge in [0.2, 0.25) is 0 Å². The molecule has 3 heterocycles. The van der Waals surface area contributed by atoms with Crippen LogP contribution in [0.5, 0.6) is 0 Å². The number of ether oxygens (including phenoxy) is 4. The van der Waals surface area contributed by atoms with Gasteiger partial charge in [-0.3, -0.25) is 29.0 Å². The number of carbonyl (C=O) groups is 2. The van der Waals surface area contributed by atoms with Crippen molar-refractivity contribution in [2.24, 2.45) is 0 Å². The second-order valence-corrected chi connectivity index (χ2v) is 10.8. The molecule has 1 aliphatic rings. The van der Waals surface area contributed by atoms with Crippen LogP contribution in [0.1, 0.15) is 34.8 Å². The molecule has 2 aromatic rings. The maximum atomic E-state index is 12.5. The van der Waals surface area contributed by atoms with E-state index in [1.54, 1.807) is 0 Å². The molecule has 46 heavy (non-hydrogen) atoms. The smallest absolute Gasteiger partial charge is 0.283 e. The fourth-order valence-corrected chi connectivity index (χ4v) is 4.70. The van der Waals surface area contributed by atoms with E-state index in [0.717, 1.165) is 12.1 Å². The van der Waals surface area contributed by atoms with Crippen molar-refractivity contribution in [3.05, 3.63) is 68.5 Å². The third kappa shape index (κ3) is 11.9. The quantitative estimate of drug-likeness (QED) is 0.259. The van der Waals surface area contributed by atoms with Crippen LogP contribution in [0.15, 0.2) is 46.0 Å². The molecule has 1 saturated heterocycles. The maximum Gasteiger partial charge on any atom is 0.283 e. The molecule has 2 amide bonds. The average Bonchev–Trinajstić information content (AvgIpc) is 3.04. The minimum Gasteiger partial charge on any atom is -0.425 e. The number of hydrogen-bond acceptors (Lipinski definition) is 12. The summed E-state index contributed by atoms with van der Waals surface area (Å²) in [5.41, 5.74) is -1.65. The number of hydrogen-bond donors (Lipinski definition) is 4. The lowest BCUT2D eigenvalue weighted by molar-refractivity contribution is -0.000413. The Balaban J connectivity index is 1.45. The molecular formula is C30H46N6O10. The Morgan fingerprint density at radius 2 is 0.957 bits per heavy atom. The van der Waals surface area contributed by atoms with E-state index in [4.69, 9.17) is 18.9 Å². The molecule has 1 aliphatic heterocycles. The summed E-state index contributed by atoms with van der Waals surface area (Å²) < 4.78 is 23.8. The van der Waals surface area contributed by atoms with Gasteiger partial charge >= 0.3 is 0 Å². The largest absolute Gasteiger partial charge is 0.425 e. The van der Waals surface area contributed by atoms with Crippen molar-refractivity contribution < 1.29 is 39.0 Å². The molecule has 2 aromatic heterocycles. The molecule has 0 aromatic carbocycles. The van der Waals surface area contributed by atoms with Gasteiger partial charge in [0.05, 0.1) is 52.9 Å². The summed E-state index contributed by atoms with van der Waals surface area (Å²) in [4.78, 5) is 52.6. The van der Waals surface area contributed by atoms with Crippen LogP contribution in [0.4, 0.5) is 0 Å². The Morgan fingerprint density at radius 1 is 0.630 bits per heavy atom. The highest BCUT2D eigenvalue weighted by atomic mass is 16.5. The Bertz CT molecular complexity index is 1230. The van der Waals surface area contributed by atoms with E-state index >= 15 is 0 Å². The summed E-state index contributed by atoms with van der Waals surface area (Å²) in [6.45, 7) is 10.1. The van der Waals surface area contributed by atoms with Crippen LogP contribution >= 0.6 is 0 Å². The van der Waals surface area contributed by atoms with E-state index in [1.165, 1.54) is 24.3 Å². The molecule has 16 heteroatoms. The van der Waals surface area contributed by atoms with Crippen LogP contribution in [0.3, 0.4) is 0 Å². The third-order valence-corrected chi connectivity index (χ3v) is 7.52. The van der Waals surface area contributed by atoms with Gasteiger partial charge in [-0.05, 0) is 26.0 Å². The summed E-state index contributed by atoms with van der Waals surface area (Å²) in [7, 11) is 0. The van der Waals surface area contributed by atoms with Crippen LogP contribution < -0.4 is 21.8 Å². The lowest BCUT2D eigenvalue weighted by atomic mass is 10.2. The number of nitrogens with zero attached hydrogens (tertiary/aromatic N) is 4. The number of pyridine rings is 2. The van der Waals surface area contributed by atoms with Crippen LogP contribution in [-0.2, 0) is 18.9 Å². The first kappa shape index (κ1) is 36.7. The van der Waals surface area contributed by atoms with E-state index in [9.17, 15) is 29.6 Å². The van der Waals surface area contributed by atoms with E-state index in [-0.39, 0.29) is 36.6 Å². The van der Waals surface area contributed by atoms with E-state index in [2.05, 4.69) is 20.4 Å². The van der Waals surface area contributed by atoms with Crippen molar-refractivity contribution in [2.45, 2.75) is 25.9 Å². The monoisotopic (exact) mass is 650 g/mol. The van der Waals surface area contributed by atoms with Gasteiger partial charge in [-0.1, -0.05) is 12.1 Å². The van der Waals surface area contributed by atoms with Crippen LogP contribution in [-0.4, -0.2) is 146 Å². The van der Waals surface area contributed by atoms with Gasteiger partial charge < -0.3 is 40.0 Å². The van der Waals surface area contributed by atoms with Crippen molar-refractivity contribution >= 4 is 11.8 Å². The highest BCUT2D eigenvalue weighted by Gasteiger charge is 2.19. The summed E-state index contributed by atoms with van der Waals surface area (Å²) in [5, 5.41) is 25.2. The molecule has 0 spiro atoms. The number of amides is 2. The summed E-state index contributed by atoms with van der Waals surface area (Å²) in [5.74, 6) is -1.11. The van der Waals surface area contributed by atoms with Gasteiger partial charge in [-0.2, -0.15) is 0 Å². The first-order chi connectivity index (χ1) is 22.2. The Kier molecular flexibility index (Phi) is 15.7. The third-order valence-electron chi connectivity index (χ3n) is 7.52. The summed E-state index contributed by atoms with van der Waals surface area (Å²) in [6.07, 6.45) is 0. The lowest BCUT2D eigenvalue weighted by Crippen LogP contribution is -2.46. The molecule has 0 saturated carbocycles. The Labute approximate surface area is 267 Å². The number of nitrogens with one attached hydrogen (secondary N) is 2. The van der Waals surface area contributed by atoms with Gasteiger partial charge in [-0.25, -0.2) is 0 Å². The highest BCUT2D eigenvalue weighted by Crippen LogP contribution is 2.03. The number of carbonyl (C=O) groups excluding carboxylic acids is 2. The predicted molar refractivity (Wildman–Crippen MR) is 166 cm³/mol. The van der Waals surface area contributed by atoms with Crippen molar-refractivity contribution in [1.29, 1.82) is 0 Å². The van der Waals surface area contributed by atoms with Gasteiger partial charge in [0.25, 0.3) is 22.9 Å². The minimum atomic E-state index is -0.685. The van der Waals surface area contributed by atoms with E-state index < -0.39 is 22.9 Å². The Hall–Kier alpha value is -3.80. The van der Waals surface area contributed by atoms with Crippen LogP contribution in [0, 0.1) is 0 Å². The maximum absolute atomic E-state index is 12.5. The second kappa shape index (κ2) is 19.7. The summed E-state index contributed by atoms with van der Waals surface area (Å²) in [6, 6.07) is 7.71. The second-order valence-electron chi connectivity index (χ2n) is 10.8. The lowest BCUT2D eigenvalue weighted by Gasteiger charge is -2.30. The SMILES string of the molecule is CC(CNC(=O)c1cccc(=O)n1O)N1CCOCCOCCN(C(C)CNC(=O)c2cccc(=O)n2O)CCOCCOCC1. The first-order valence-electron chi connectivity index (χ1n) is 15.4. The molecule has 0 radical (unpaired) electrons. The predicted octanol–water partition coefficient (Wildman–Crippen LogP) is -0.895. The molecule has 16 nitrogen and oxygen atoms in total. The fourth-order valence-electron chi connectivity index (χ4n) is 4.70. The fraction of sp³-hybridized carbons (Fsp3) is 0.600. The molecule has 2 unspecified atom stereocenters. The van der Waals surface area contributed by atoms with Crippen molar-refractivity contribution in [1.82, 2.24) is 29.9 Å². The van der Waals surface area contributed by atoms with Crippen molar-refractivity contribution in [2.75, 3.05) is 92.1 Å². The highest BCUT2D eigenvalue weighted by molar-refractivity contribution is 5.92. The van der Waals surface area contributed by atoms with Crippen LogP contribution in [0.2, 0.25) is 0 Å². The zero-order valence-electron chi connectivity index (χ0n) is 26.5. The standard InChI is InChI=1S/C30H46N6O10/c1-23(21-31-29(39)25-5-3-7-27(37)35(25)41)33-9-13-43-17-19-45-15-11-34(12-16-46-20-18-44-14-10-33)24(2)22-32-30(40)26-6-4-8-28(38)36(26)42/h3-8,23-24,41-42H,9-22H2,1-2H3,(H,31,39)(H,32,40). The molecule has 0 bridgehead atoms. The van der Waals surface area contributed by atoms with E-state index in [1.807, 2.05) is 13.8 Å². The molecule has 1 fully saturated rings. The van der Waals surface area contributed by atoms with Crippen LogP contribution in [0.25, 0.3) is 0 Å². The zero-order valence-corrected chi connectivity index (χ0v) is 26.5. The number of aromatic nitrogens is 2. The van der Waals surface area contributed by atoms with Gasteiger partial charge in [0.15, 0.2) is 0 Å². The minimum absolute atomic E-state index is 0.0872. The topological polar surface area (TPSA) is 186 Å². The van der Waals surface area contributed by atoms with Crippen molar-refractivity contribution in [3.8, 4) is 0 Å². The molecular weight excluding hydrogens is 604 g/mol. The number of rotatable bonds is 8. The molecule has 3 rings (SSSR count). The van der Waals surface area contributed by atoms with E-state index in [0.29, 0.717) is 88.5 Å². The molecule has 0 aliphatic carbocycles. The van der Waals surface area contributed by atoms with Gasteiger partial charge in [0, 0.05) is 63.5 Å². The zero-order chi connectivity index (χ0) is 33.3.